The summed E-state index contributed by atoms with van der Waals surface area (Å²) < 4.78 is 28.3. The molecule has 1 atom stereocenters. The van der Waals surface area contributed by atoms with Crippen molar-refractivity contribution in [3.8, 4) is 0 Å². The Bertz CT molecular complexity index is 1220. The van der Waals surface area contributed by atoms with Gasteiger partial charge in [-0.15, -0.1) is 0 Å². The van der Waals surface area contributed by atoms with Crippen LogP contribution in [0.2, 0.25) is 10.0 Å². The number of carbonyl (C=O) groups excluding carboxylic acids is 1. The lowest BCUT2D eigenvalue weighted by molar-refractivity contribution is 0.102. The van der Waals surface area contributed by atoms with Crippen molar-refractivity contribution in [1.82, 2.24) is 9.29 Å². The molecule has 1 amide bonds. The Morgan fingerprint density at radius 3 is 2.53 bits per heavy atom. The minimum Gasteiger partial charge on any atom is -0.322 e. The van der Waals surface area contributed by atoms with E-state index in [9.17, 15) is 13.2 Å². The van der Waals surface area contributed by atoms with Gasteiger partial charge in [0.25, 0.3) is 5.91 Å². The predicted octanol–water partition coefficient (Wildman–Crippen LogP) is 5.56. The summed E-state index contributed by atoms with van der Waals surface area (Å²) in [6, 6.07) is 14.2. The van der Waals surface area contributed by atoms with E-state index in [1.54, 1.807) is 34.9 Å². The van der Waals surface area contributed by atoms with E-state index in [-0.39, 0.29) is 21.5 Å². The monoisotopic (exact) mass is 489 g/mol. The van der Waals surface area contributed by atoms with Crippen LogP contribution in [0.4, 0.5) is 5.69 Å². The van der Waals surface area contributed by atoms with Crippen LogP contribution in [0.5, 0.6) is 0 Å². The molecule has 0 bridgehead atoms. The molecule has 1 aliphatic rings. The molecule has 0 saturated carbocycles. The van der Waals surface area contributed by atoms with Crippen LogP contribution in [0.1, 0.15) is 41.2 Å². The lowest BCUT2D eigenvalue weighted by Gasteiger charge is -2.34. The second-order valence-corrected chi connectivity index (χ2v) is 10.3. The van der Waals surface area contributed by atoms with Gasteiger partial charge in [0, 0.05) is 29.6 Å². The maximum absolute atomic E-state index is 13.4. The molecule has 1 fully saturated rings. The maximum Gasteiger partial charge on any atom is 0.257 e. The number of carbonyl (C=O) groups is 1. The zero-order valence-corrected chi connectivity index (χ0v) is 19.4. The Hall–Kier alpha value is -2.45. The zero-order chi connectivity index (χ0) is 22.7. The number of piperidine rings is 1. The molecule has 4 rings (SSSR count). The number of halogens is 2. The first-order chi connectivity index (χ1) is 15.4. The molecule has 1 saturated heterocycles. The van der Waals surface area contributed by atoms with E-state index >= 15 is 0 Å². The van der Waals surface area contributed by atoms with Crippen molar-refractivity contribution < 1.29 is 13.2 Å². The normalized spacial score (nSPS) is 17.1. The summed E-state index contributed by atoms with van der Waals surface area (Å²) in [6.07, 6.45) is 5.92. The third kappa shape index (κ3) is 4.81. The Morgan fingerprint density at radius 2 is 1.84 bits per heavy atom. The number of aromatic nitrogens is 1. The van der Waals surface area contributed by atoms with Gasteiger partial charge in [-0.25, -0.2) is 8.42 Å². The van der Waals surface area contributed by atoms with Gasteiger partial charge in [-0.2, -0.15) is 4.31 Å². The standard InChI is InChI=1S/C23H21Cl2N3O3S/c24-17-6-11-20(21(25)14-17)23(29)27-18-7-9-19(10-8-18)32(30,31)28-13-2-1-5-22(28)16-4-3-12-26-15-16/h3-4,6-12,14-15,22H,1-2,5,13H2,(H,27,29)/t22-/m1/s1. The van der Waals surface area contributed by atoms with Crippen LogP contribution >= 0.6 is 23.2 Å². The molecule has 1 N–H and O–H groups in total. The molecule has 2 heterocycles. The lowest BCUT2D eigenvalue weighted by atomic mass is 9.99. The van der Waals surface area contributed by atoms with E-state index in [1.165, 1.54) is 24.3 Å². The third-order valence-electron chi connectivity index (χ3n) is 5.42. The average molecular weight is 490 g/mol. The van der Waals surface area contributed by atoms with Crippen LogP contribution < -0.4 is 5.32 Å². The molecule has 2 aromatic carbocycles. The highest BCUT2D eigenvalue weighted by Gasteiger charge is 2.34. The van der Waals surface area contributed by atoms with E-state index in [0.29, 0.717) is 17.3 Å². The van der Waals surface area contributed by atoms with E-state index in [4.69, 9.17) is 23.2 Å². The molecular formula is C23H21Cl2N3O3S. The zero-order valence-electron chi connectivity index (χ0n) is 17.0. The van der Waals surface area contributed by atoms with E-state index < -0.39 is 15.9 Å². The first kappa shape index (κ1) is 22.7. The SMILES string of the molecule is O=C(Nc1ccc(S(=O)(=O)N2CCCC[C@@H]2c2cccnc2)cc1)c1ccc(Cl)cc1Cl. The Labute approximate surface area is 197 Å². The number of pyridine rings is 1. The Morgan fingerprint density at radius 1 is 1.06 bits per heavy atom. The molecule has 3 aromatic rings. The number of hydrogen-bond donors (Lipinski definition) is 1. The lowest BCUT2D eigenvalue weighted by Crippen LogP contribution is -2.38. The number of rotatable bonds is 5. The van der Waals surface area contributed by atoms with Crippen LogP contribution in [0.3, 0.4) is 0 Å². The van der Waals surface area contributed by atoms with Crippen molar-refractivity contribution in [2.24, 2.45) is 0 Å². The second kappa shape index (κ2) is 9.58. The van der Waals surface area contributed by atoms with Crippen LogP contribution in [0.25, 0.3) is 0 Å². The molecule has 0 radical (unpaired) electrons. The van der Waals surface area contributed by atoms with E-state index in [2.05, 4.69) is 10.3 Å². The molecule has 1 aromatic heterocycles. The summed E-state index contributed by atoms with van der Waals surface area (Å²) in [5.41, 5.74) is 1.63. The number of sulfonamides is 1. The minimum absolute atomic E-state index is 0.177. The summed E-state index contributed by atoms with van der Waals surface area (Å²) in [4.78, 5) is 16.8. The van der Waals surface area contributed by atoms with Crippen molar-refractivity contribution in [1.29, 1.82) is 0 Å². The minimum atomic E-state index is -3.71. The summed E-state index contributed by atoms with van der Waals surface area (Å²) in [5.74, 6) is -0.407. The van der Waals surface area contributed by atoms with Gasteiger partial charge in [0.05, 0.1) is 21.5 Å². The number of amides is 1. The second-order valence-electron chi connectivity index (χ2n) is 7.52. The van der Waals surface area contributed by atoms with E-state index in [0.717, 1.165) is 24.8 Å². The highest BCUT2D eigenvalue weighted by Crippen LogP contribution is 2.35. The topological polar surface area (TPSA) is 79.4 Å². The first-order valence-corrected chi connectivity index (χ1v) is 12.3. The molecule has 6 nitrogen and oxygen atoms in total. The first-order valence-electron chi connectivity index (χ1n) is 10.1. The fourth-order valence-corrected chi connectivity index (χ4v) is 5.99. The fraction of sp³-hybridized carbons (Fsp3) is 0.217. The van der Waals surface area contributed by atoms with E-state index in [1.807, 2.05) is 12.1 Å². The number of nitrogens with one attached hydrogen (secondary N) is 1. The fourth-order valence-electron chi connectivity index (χ4n) is 3.82. The van der Waals surface area contributed by atoms with Gasteiger partial charge in [-0.3, -0.25) is 9.78 Å². The van der Waals surface area contributed by atoms with Crippen molar-refractivity contribution in [2.45, 2.75) is 30.2 Å². The molecule has 0 unspecified atom stereocenters. The quantitative estimate of drug-likeness (QED) is 0.508. The molecule has 32 heavy (non-hydrogen) atoms. The van der Waals surface area contributed by atoms with Gasteiger partial charge in [0.2, 0.25) is 10.0 Å². The molecule has 1 aliphatic heterocycles. The molecule has 0 aliphatic carbocycles. The number of nitrogens with zero attached hydrogens (tertiary/aromatic N) is 2. The summed E-state index contributed by atoms with van der Waals surface area (Å²) in [7, 11) is -3.71. The predicted molar refractivity (Wildman–Crippen MR) is 126 cm³/mol. The van der Waals surface area contributed by atoms with Gasteiger partial charge in [0.1, 0.15) is 0 Å². The van der Waals surface area contributed by atoms with Crippen LogP contribution in [0, 0.1) is 0 Å². The Balaban J connectivity index is 1.54. The highest BCUT2D eigenvalue weighted by molar-refractivity contribution is 7.89. The van der Waals surface area contributed by atoms with Crippen molar-refractivity contribution in [2.75, 3.05) is 11.9 Å². The summed E-state index contributed by atoms with van der Waals surface area (Å²) >= 11 is 12.0. The average Bonchev–Trinajstić information content (AvgIpc) is 2.80. The molecule has 166 valence electrons. The highest BCUT2D eigenvalue weighted by atomic mass is 35.5. The number of benzene rings is 2. The van der Waals surface area contributed by atoms with Gasteiger partial charge in [0.15, 0.2) is 0 Å². The maximum atomic E-state index is 13.4. The summed E-state index contributed by atoms with van der Waals surface area (Å²) in [6.45, 7) is 0.454. The number of anilines is 1. The van der Waals surface area contributed by atoms with Crippen molar-refractivity contribution >= 4 is 44.8 Å². The smallest absolute Gasteiger partial charge is 0.257 e. The Kier molecular flexibility index (Phi) is 6.81. The third-order valence-corrected chi connectivity index (χ3v) is 7.89. The molecular weight excluding hydrogens is 469 g/mol. The van der Waals surface area contributed by atoms with Crippen molar-refractivity contribution in [3.63, 3.8) is 0 Å². The summed E-state index contributed by atoms with van der Waals surface area (Å²) in [5, 5.41) is 3.40. The van der Waals surface area contributed by atoms with Gasteiger partial charge in [-0.05, 0) is 66.9 Å². The van der Waals surface area contributed by atoms with Crippen LogP contribution in [0.15, 0.2) is 71.9 Å². The van der Waals surface area contributed by atoms with Crippen LogP contribution in [-0.2, 0) is 10.0 Å². The van der Waals surface area contributed by atoms with Gasteiger partial charge >= 0.3 is 0 Å². The molecule has 0 spiro atoms. The van der Waals surface area contributed by atoms with Gasteiger partial charge < -0.3 is 5.32 Å². The largest absolute Gasteiger partial charge is 0.322 e. The van der Waals surface area contributed by atoms with Crippen LogP contribution in [-0.4, -0.2) is 30.2 Å². The number of hydrogen-bond acceptors (Lipinski definition) is 4. The molecule has 9 heteroatoms. The van der Waals surface area contributed by atoms with Crippen molar-refractivity contribution in [3.05, 3.63) is 88.2 Å². The van der Waals surface area contributed by atoms with Gasteiger partial charge in [-0.1, -0.05) is 35.7 Å².